The van der Waals surface area contributed by atoms with Crippen molar-refractivity contribution in [3.63, 3.8) is 0 Å². The first-order chi connectivity index (χ1) is 12.2. The summed E-state index contributed by atoms with van der Waals surface area (Å²) in [6.45, 7) is 1.64. The van der Waals surface area contributed by atoms with Crippen molar-refractivity contribution in [3.8, 4) is 0 Å². The second-order valence-electron chi connectivity index (χ2n) is 5.86. The first-order valence-corrected chi connectivity index (χ1v) is 9.32. The van der Waals surface area contributed by atoms with E-state index in [0.717, 1.165) is 9.87 Å². The van der Waals surface area contributed by atoms with Crippen LogP contribution >= 0.6 is 0 Å². The predicted molar refractivity (Wildman–Crippen MR) is 99.5 cm³/mol. The third kappa shape index (κ3) is 4.68. The first-order valence-electron chi connectivity index (χ1n) is 7.88. The molecular formula is C18H21N3O4S. The second-order valence-corrected chi connectivity index (χ2v) is 8.01. The van der Waals surface area contributed by atoms with Gasteiger partial charge in [-0.25, -0.2) is 12.7 Å². The van der Waals surface area contributed by atoms with E-state index in [4.69, 9.17) is 0 Å². The van der Waals surface area contributed by atoms with Crippen LogP contribution in [0.15, 0.2) is 53.4 Å². The number of carbonyl (C=O) groups excluding carboxylic acids is 2. The summed E-state index contributed by atoms with van der Waals surface area (Å²) in [6, 6.07) is 13.0. The summed E-state index contributed by atoms with van der Waals surface area (Å²) in [5.41, 5.74) is 1.75. The summed E-state index contributed by atoms with van der Waals surface area (Å²) < 4.78 is 25.3. The molecule has 8 heteroatoms. The van der Waals surface area contributed by atoms with Gasteiger partial charge in [-0.15, -0.1) is 0 Å². The minimum Gasteiger partial charge on any atom is -0.343 e. The van der Waals surface area contributed by atoms with Gasteiger partial charge in [0, 0.05) is 25.3 Å². The molecule has 2 amide bonds. The molecule has 0 radical (unpaired) electrons. The molecule has 2 aromatic carbocycles. The lowest BCUT2D eigenvalue weighted by molar-refractivity contribution is -0.115. The second kappa shape index (κ2) is 8.11. The maximum absolute atomic E-state index is 12.2. The number of nitrogens with one attached hydrogen (secondary N) is 2. The summed E-state index contributed by atoms with van der Waals surface area (Å²) in [5, 5.41) is 5.20. The maximum atomic E-state index is 12.2. The van der Waals surface area contributed by atoms with Crippen LogP contribution in [0.3, 0.4) is 0 Å². The number of sulfonamides is 1. The van der Waals surface area contributed by atoms with E-state index in [1.807, 2.05) is 19.1 Å². The highest BCUT2D eigenvalue weighted by atomic mass is 32.2. The molecule has 0 aliphatic carbocycles. The molecule has 0 fully saturated rings. The molecule has 0 aliphatic rings. The van der Waals surface area contributed by atoms with E-state index in [-0.39, 0.29) is 22.9 Å². The minimum absolute atomic E-state index is 0.0134. The van der Waals surface area contributed by atoms with Crippen LogP contribution in [0, 0.1) is 6.92 Å². The lowest BCUT2D eigenvalue weighted by Gasteiger charge is -2.12. The van der Waals surface area contributed by atoms with Gasteiger partial charge in [-0.3, -0.25) is 9.59 Å². The number of hydrogen-bond acceptors (Lipinski definition) is 4. The van der Waals surface area contributed by atoms with Gasteiger partial charge in [0.1, 0.15) is 0 Å². The highest BCUT2D eigenvalue weighted by Gasteiger charge is 2.19. The van der Waals surface area contributed by atoms with Crippen molar-refractivity contribution in [2.45, 2.75) is 11.8 Å². The van der Waals surface area contributed by atoms with Crippen LogP contribution in [0.2, 0.25) is 0 Å². The van der Waals surface area contributed by atoms with Crippen molar-refractivity contribution < 1.29 is 18.0 Å². The van der Waals surface area contributed by atoms with Gasteiger partial charge < -0.3 is 10.6 Å². The average molecular weight is 375 g/mol. The standard InChI is InChI=1S/C18H21N3O4S/c1-13-7-4-5-10-16(13)20-17(22)12-19-18(23)14-8-6-9-15(11-14)26(24,25)21(2)3/h4-11H,12H2,1-3H3,(H,19,23)(H,20,22). The zero-order valence-electron chi connectivity index (χ0n) is 14.8. The fourth-order valence-electron chi connectivity index (χ4n) is 2.18. The maximum Gasteiger partial charge on any atom is 0.251 e. The highest BCUT2D eigenvalue weighted by molar-refractivity contribution is 7.89. The number of nitrogens with zero attached hydrogens (tertiary/aromatic N) is 1. The number of rotatable bonds is 6. The fourth-order valence-corrected chi connectivity index (χ4v) is 3.13. The molecular weight excluding hydrogens is 354 g/mol. The molecule has 0 atom stereocenters. The molecule has 138 valence electrons. The summed E-state index contributed by atoms with van der Waals surface area (Å²) in [4.78, 5) is 24.2. The molecule has 26 heavy (non-hydrogen) atoms. The fraction of sp³-hybridized carbons (Fsp3) is 0.222. The number of carbonyl (C=O) groups is 2. The zero-order valence-corrected chi connectivity index (χ0v) is 15.6. The predicted octanol–water partition coefficient (Wildman–Crippen LogP) is 1.61. The van der Waals surface area contributed by atoms with Crippen LogP contribution in [0.5, 0.6) is 0 Å². The molecule has 0 saturated carbocycles. The van der Waals surface area contributed by atoms with Crippen LogP contribution in [0.1, 0.15) is 15.9 Å². The van der Waals surface area contributed by atoms with Gasteiger partial charge >= 0.3 is 0 Å². The summed E-state index contributed by atoms with van der Waals surface area (Å²) in [6.07, 6.45) is 0. The van der Waals surface area contributed by atoms with E-state index >= 15 is 0 Å². The van der Waals surface area contributed by atoms with Gasteiger partial charge in [-0.1, -0.05) is 24.3 Å². The van der Waals surface area contributed by atoms with E-state index < -0.39 is 15.9 Å². The van der Waals surface area contributed by atoms with Crippen LogP contribution in [0.4, 0.5) is 5.69 Å². The van der Waals surface area contributed by atoms with Gasteiger partial charge in [0.25, 0.3) is 5.91 Å². The number of para-hydroxylation sites is 1. The zero-order chi connectivity index (χ0) is 19.3. The number of anilines is 1. The lowest BCUT2D eigenvalue weighted by Crippen LogP contribution is -2.33. The lowest BCUT2D eigenvalue weighted by atomic mass is 10.2. The summed E-state index contributed by atoms with van der Waals surface area (Å²) in [5.74, 6) is -0.898. The molecule has 0 aromatic heterocycles. The Bertz CT molecular complexity index is 924. The summed E-state index contributed by atoms with van der Waals surface area (Å²) in [7, 11) is -0.806. The van der Waals surface area contributed by atoms with Gasteiger partial charge in [0.05, 0.1) is 11.4 Å². The van der Waals surface area contributed by atoms with Crippen LogP contribution in [-0.2, 0) is 14.8 Å². The molecule has 0 saturated heterocycles. The van der Waals surface area contributed by atoms with E-state index in [9.17, 15) is 18.0 Å². The molecule has 0 heterocycles. The third-order valence-corrected chi connectivity index (χ3v) is 5.51. The smallest absolute Gasteiger partial charge is 0.251 e. The highest BCUT2D eigenvalue weighted by Crippen LogP contribution is 2.15. The van der Waals surface area contributed by atoms with E-state index in [2.05, 4.69) is 10.6 Å². The Morgan fingerprint density at radius 2 is 1.73 bits per heavy atom. The van der Waals surface area contributed by atoms with E-state index in [0.29, 0.717) is 5.69 Å². The topological polar surface area (TPSA) is 95.6 Å². The van der Waals surface area contributed by atoms with E-state index in [1.54, 1.807) is 12.1 Å². The Morgan fingerprint density at radius 3 is 2.38 bits per heavy atom. The van der Waals surface area contributed by atoms with Crippen LogP contribution < -0.4 is 10.6 Å². The third-order valence-electron chi connectivity index (χ3n) is 3.70. The van der Waals surface area contributed by atoms with E-state index in [1.165, 1.54) is 38.4 Å². The largest absolute Gasteiger partial charge is 0.343 e. The molecule has 0 spiro atoms. The normalized spacial score (nSPS) is 11.2. The number of hydrogen-bond donors (Lipinski definition) is 2. The molecule has 0 bridgehead atoms. The van der Waals surface area contributed by atoms with Gasteiger partial charge in [0.2, 0.25) is 15.9 Å². The van der Waals surface area contributed by atoms with Crippen molar-refractivity contribution in [2.24, 2.45) is 0 Å². The van der Waals surface area contributed by atoms with Gasteiger partial charge in [-0.05, 0) is 36.8 Å². The monoisotopic (exact) mass is 375 g/mol. The van der Waals surface area contributed by atoms with Crippen molar-refractivity contribution in [2.75, 3.05) is 26.0 Å². The molecule has 2 aromatic rings. The van der Waals surface area contributed by atoms with Crippen molar-refractivity contribution in [3.05, 3.63) is 59.7 Å². The Balaban J connectivity index is 2.02. The molecule has 0 aliphatic heterocycles. The Kier molecular flexibility index (Phi) is 6.12. The molecule has 2 rings (SSSR count). The van der Waals surface area contributed by atoms with Crippen LogP contribution in [0.25, 0.3) is 0 Å². The van der Waals surface area contributed by atoms with Crippen molar-refractivity contribution in [1.82, 2.24) is 9.62 Å². The first kappa shape index (κ1) is 19.6. The number of benzene rings is 2. The molecule has 2 N–H and O–H groups in total. The van der Waals surface area contributed by atoms with Crippen molar-refractivity contribution in [1.29, 1.82) is 0 Å². The Labute approximate surface area is 153 Å². The molecule has 0 unspecified atom stereocenters. The Hall–Kier alpha value is -2.71. The SMILES string of the molecule is Cc1ccccc1NC(=O)CNC(=O)c1cccc(S(=O)(=O)N(C)C)c1. The number of aryl methyl sites for hydroxylation is 1. The van der Waals surface area contributed by atoms with Gasteiger partial charge in [0.15, 0.2) is 0 Å². The molecule has 7 nitrogen and oxygen atoms in total. The number of amides is 2. The van der Waals surface area contributed by atoms with Crippen molar-refractivity contribution >= 4 is 27.5 Å². The Morgan fingerprint density at radius 1 is 1.04 bits per heavy atom. The van der Waals surface area contributed by atoms with Gasteiger partial charge in [-0.2, -0.15) is 0 Å². The van der Waals surface area contributed by atoms with Crippen LogP contribution in [-0.4, -0.2) is 45.2 Å². The average Bonchev–Trinajstić information content (AvgIpc) is 2.61. The summed E-state index contributed by atoms with van der Waals surface area (Å²) >= 11 is 0. The quantitative estimate of drug-likeness (QED) is 0.802. The minimum atomic E-state index is -3.64.